The van der Waals surface area contributed by atoms with Crippen LogP contribution >= 0.6 is 0 Å². The number of alkyl carbamates (subject to hydrolysis) is 1. The Bertz CT molecular complexity index is 1410. The van der Waals surface area contributed by atoms with Crippen molar-refractivity contribution in [3.05, 3.63) is 66.1 Å². The fraction of sp³-hybridized carbons (Fsp3) is 0.414. The first-order chi connectivity index (χ1) is 19.6. The van der Waals surface area contributed by atoms with E-state index in [9.17, 15) is 4.79 Å². The van der Waals surface area contributed by atoms with Gasteiger partial charge in [-0.25, -0.2) is 9.18 Å². The van der Waals surface area contributed by atoms with Gasteiger partial charge in [0.15, 0.2) is 0 Å². The van der Waals surface area contributed by atoms with Crippen LogP contribution in [0.1, 0.15) is 24.8 Å². The molecule has 4 aromatic rings. The molecule has 0 unspecified atom stereocenters. The number of amides is 1. The number of halogens is 1. The zero-order valence-corrected chi connectivity index (χ0v) is 22.8. The molecule has 0 aliphatic carbocycles. The number of methoxy groups -OCH3 is 1. The lowest BCUT2D eigenvalue weighted by Crippen LogP contribution is -2.48. The van der Waals surface area contributed by atoms with Gasteiger partial charge in [0.25, 0.3) is 0 Å². The standard InChI is InChI=1S/C29H35FN6O4/c1-3-36-25-11-7-10-23(32-24-12-13-35(14-15-38-2)18-22(24)30)21(25)16-26(36)28-33-27(40-34-28)17-31-29(37)39-19-20-8-5-4-6-9-20/h4-11,16,22,24,32H,3,12-15,17-19H2,1-2H3,(H,31,37)/t22-,24+/m0/s1. The molecule has 0 spiro atoms. The molecule has 0 radical (unpaired) electrons. The molecule has 212 valence electrons. The minimum atomic E-state index is -0.986. The van der Waals surface area contributed by atoms with Crippen molar-refractivity contribution >= 4 is 22.7 Å². The van der Waals surface area contributed by atoms with Crippen molar-refractivity contribution in [3.63, 3.8) is 0 Å². The summed E-state index contributed by atoms with van der Waals surface area (Å²) in [6, 6.07) is 17.1. The van der Waals surface area contributed by atoms with Crippen molar-refractivity contribution in [3.8, 4) is 11.5 Å². The molecule has 11 heteroatoms. The first-order valence-electron chi connectivity index (χ1n) is 13.6. The molecule has 2 aromatic heterocycles. The van der Waals surface area contributed by atoms with E-state index in [-0.39, 0.29) is 25.1 Å². The summed E-state index contributed by atoms with van der Waals surface area (Å²) < 4.78 is 33.0. The second-order valence-electron chi connectivity index (χ2n) is 9.79. The normalized spacial score (nSPS) is 17.7. The monoisotopic (exact) mass is 550 g/mol. The van der Waals surface area contributed by atoms with Gasteiger partial charge in [0.1, 0.15) is 19.3 Å². The van der Waals surface area contributed by atoms with Gasteiger partial charge in [-0.3, -0.25) is 4.90 Å². The molecule has 1 amide bonds. The van der Waals surface area contributed by atoms with E-state index in [2.05, 4.69) is 30.2 Å². The third-order valence-electron chi connectivity index (χ3n) is 7.13. The lowest BCUT2D eigenvalue weighted by atomic mass is 10.0. The number of carbonyl (C=O) groups excluding carboxylic acids is 1. The highest BCUT2D eigenvalue weighted by Crippen LogP contribution is 2.33. The van der Waals surface area contributed by atoms with Crippen LogP contribution in [0, 0.1) is 0 Å². The summed E-state index contributed by atoms with van der Waals surface area (Å²) >= 11 is 0. The molecule has 1 saturated heterocycles. The average molecular weight is 551 g/mol. The number of rotatable bonds is 11. The van der Waals surface area contributed by atoms with Crippen LogP contribution in [0.3, 0.4) is 0 Å². The number of aryl methyl sites for hydroxylation is 1. The molecule has 10 nitrogen and oxygen atoms in total. The van der Waals surface area contributed by atoms with Gasteiger partial charge in [-0.2, -0.15) is 4.98 Å². The first kappa shape index (κ1) is 27.6. The Balaban J connectivity index is 1.26. The Morgan fingerprint density at radius 3 is 2.83 bits per heavy atom. The van der Waals surface area contributed by atoms with Crippen LogP contribution in [0.4, 0.5) is 14.9 Å². The molecular weight excluding hydrogens is 515 g/mol. The summed E-state index contributed by atoms with van der Waals surface area (Å²) in [5.41, 5.74) is 3.54. The van der Waals surface area contributed by atoms with Crippen LogP contribution in [0.25, 0.3) is 22.4 Å². The van der Waals surface area contributed by atoms with Gasteiger partial charge in [-0.05, 0) is 37.1 Å². The van der Waals surface area contributed by atoms with Crippen LogP contribution < -0.4 is 10.6 Å². The minimum Gasteiger partial charge on any atom is -0.445 e. The number of hydrogen-bond donors (Lipinski definition) is 2. The van der Waals surface area contributed by atoms with E-state index in [1.165, 1.54) is 0 Å². The third-order valence-corrected chi connectivity index (χ3v) is 7.13. The van der Waals surface area contributed by atoms with Crippen LogP contribution in [0.2, 0.25) is 0 Å². The maximum atomic E-state index is 15.1. The number of anilines is 1. The number of piperidine rings is 1. The van der Waals surface area contributed by atoms with E-state index < -0.39 is 12.3 Å². The van der Waals surface area contributed by atoms with E-state index in [1.54, 1.807) is 7.11 Å². The van der Waals surface area contributed by atoms with Crippen LogP contribution in [0.5, 0.6) is 0 Å². The highest BCUT2D eigenvalue weighted by molar-refractivity contribution is 5.96. The van der Waals surface area contributed by atoms with Crippen LogP contribution in [-0.4, -0.2) is 71.3 Å². The lowest BCUT2D eigenvalue weighted by molar-refractivity contribution is 0.0920. The van der Waals surface area contributed by atoms with Gasteiger partial charge in [-0.1, -0.05) is 41.6 Å². The number of benzene rings is 2. The molecule has 1 fully saturated rings. The summed E-state index contributed by atoms with van der Waals surface area (Å²) in [5.74, 6) is 0.673. The molecule has 2 atom stereocenters. The summed E-state index contributed by atoms with van der Waals surface area (Å²) in [4.78, 5) is 18.7. The Kier molecular flexibility index (Phi) is 8.92. The SMILES string of the molecule is CCn1c(-c2noc(CNC(=O)OCc3ccccc3)n2)cc2c(N[C@@H]3CCN(CCOC)C[C@@H]3F)cccc21. The summed E-state index contributed by atoms with van der Waals surface area (Å²) in [5, 5.41) is 11.2. The number of fused-ring (bicyclic) bond motifs is 1. The number of ether oxygens (including phenoxy) is 2. The third kappa shape index (κ3) is 6.43. The summed E-state index contributed by atoms with van der Waals surface area (Å²) in [6.07, 6.45) is -0.852. The molecule has 0 saturated carbocycles. The quantitative estimate of drug-likeness (QED) is 0.279. The summed E-state index contributed by atoms with van der Waals surface area (Å²) in [7, 11) is 1.66. The highest BCUT2D eigenvalue weighted by atomic mass is 19.1. The number of nitrogens with one attached hydrogen (secondary N) is 2. The van der Waals surface area contributed by atoms with Gasteiger partial charge in [0.05, 0.1) is 23.9 Å². The Labute approximate surface area is 232 Å². The number of aromatic nitrogens is 3. The zero-order valence-electron chi connectivity index (χ0n) is 22.8. The van der Waals surface area contributed by atoms with Gasteiger partial charge in [0, 0.05) is 44.4 Å². The first-order valence-corrected chi connectivity index (χ1v) is 13.6. The predicted octanol–water partition coefficient (Wildman–Crippen LogP) is 4.61. The van der Waals surface area contributed by atoms with E-state index in [4.69, 9.17) is 14.0 Å². The van der Waals surface area contributed by atoms with Gasteiger partial charge in [-0.15, -0.1) is 0 Å². The number of hydrogen-bond acceptors (Lipinski definition) is 8. The fourth-order valence-electron chi connectivity index (χ4n) is 5.04. The number of likely N-dealkylation sites (tertiary alicyclic amines) is 1. The van der Waals surface area contributed by atoms with Crippen molar-refractivity contribution < 1.29 is 23.2 Å². The van der Waals surface area contributed by atoms with Crippen LogP contribution in [0.15, 0.2) is 59.1 Å². The molecule has 2 N–H and O–H groups in total. The molecule has 3 heterocycles. The van der Waals surface area contributed by atoms with E-state index in [0.29, 0.717) is 31.9 Å². The van der Waals surface area contributed by atoms with E-state index >= 15 is 4.39 Å². The van der Waals surface area contributed by atoms with Gasteiger partial charge < -0.3 is 29.2 Å². The maximum Gasteiger partial charge on any atom is 0.407 e. The lowest BCUT2D eigenvalue weighted by Gasteiger charge is -2.35. The Morgan fingerprint density at radius 2 is 2.05 bits per heavy atom. The number of nitrogens with zero attached hydrogens (tertiary/aromatic N) is 4. The Hall–Kier alpha value is -3.96. The second-order valence-corrected chi connectivity index (χ2v) is 9.79. The molecular formula is C29H35FN6O4. The fourth-order valence-corrected chi connectivity index (χ4v) is 5.04. The molecule has 5 rings (SSSR count). The molecule has 2 aromatic carbocycles. The maximum absolute atomic E-state index is 15.1. The van der Waals surface area contributed by atoms with E-state index in [0.717, 1.165) is 40.9 Å². The van der Waals surface area contributed by atoms with Gasteiger partial charge >= 0.3 is 6.09 Å². The molecule has 1 aliphatic rings. The van der Waals surface area contributed by atoms with E-state index in [1.807, 2.05) is 61.5 Å². The largest absolute Gasteiger partial charge is 0.445 e. The van der Waals surface area contributed by atoms with Crippen molar-refractivity contribution in [2.24, 2.45) is 0 Å². The van der Waals surface area contributed by atoms with Crippen molar-refractivity contribution in [1.82, 2.24) is 24.9 Å². The van der Waals surface area contributed by atoms with Crippen LogP contribution in [-0.2, 0) is 29.2 Å². The molecule has 0 bridgehead atoms. The predicted molar refractivity (Wildman–Crippen MR) is 150 cm³/mol. The number of alkyl halides is 1. The highest BCUT2D eigenvalue weighted by Gasteiger charge is 2.29. The minimum absolute atomic E-state index is 0.0424. The smallest absolute Gasteiger partial charge is 0.407 e. The van der Waals surface area contributed by atoms with Crippen molar-refractivity contribution in [1.29, 1.82) is 0 Å². The second kappa shape index (κ2) is 12.9. The van der Waals surface area contributed by atoms with Gasteiger partial charge in [0.2, 0.25) is 11.7 Å². The molecule has 1 aliphatic heterocycles. The molecule has 40 heavy (non-hydrogen) atoms. The Morgan fingerprint density at radius 1 is 1.20 bits per heavy atom. The van der Waals surface area contributed by atoms with Crippen molar-refractivity contribution in [2.75, 3.05) is 38.7 Å². The topological polar surface area (TPSA) is 107 Å². The summed E-state index contributed by atoms with van der Waals surface area (Å²) in [6.45, 7) is 5.48. The zero-order chi connectivity index (χ0) is 27.9. The van der Waals surface area contributed by atoms with Crippen molar-refractivity contribution in [2.45, 2.75) is 45.3 Å². The average Bonchev–Trinajstić information content (AvgIpc) is 3.60. The number of carbonyl (C=O) groups is 1.